The molecule has 7 heteroatoms. The number of nitrogens with two attached hydrogens (primary N) is 1. The Kier molecular flexibility index (Phi) is 5.46. The summed E-state index contributed by atoms with van der Waals surface area (Å²) in [6.45, 7) is 2.18. The van der Waals surface area contributed by atoms with E-state index in [0.717, 1.165) is 5.56 Å². The highest BCUT2D eigenvalue weighted by atomic mass is 32.2. The van der Waals surface area contributed by atoms with Crippen LogP contribution in [0.25, 0.3) is 0 Å². The number of hydrogen-bond acceptors (Lipinski definition) is 4. The van der Waals surface area contributed by atoms with Crippen LogP contribution in [0.15, 0.2) is 29.2 Å². The van der Waals surface area contributed by atoms with Crippen molar-refractivity contribution in [1.29, 1.82) is 0 Å². The van der Waals surface area contributed by atoms with Crippen LogP contribution in [-0.2, 0) is 19.6 Å². The van der Waals surface area contributed by atoms with Crippen molar-refractivity contribution in [2.45, 2.75) is 24.3 Å². The fourth-order valence-electron chi connectivity index (χ4n) is 1.54. The van der Waals surface area contributed by atoms with Gasteiger partial charge in [-0.1, -0.05) is 12.1 Å². The van der Waals surface area contributed by atoms with Gasteiger partial charge in [0.25, 0.3) is 0 Å². The minimum Gasteiger partial charge on any atom is -0.384 e. The van der Waals surface area contributed by atoms with Crippen molar-refractivity contribution in [2.24, 2.45) is 5.14 Å². The lowest BCUT2D eigenvalue weighted by Gasteiger charge is -2.14. The molecule has 0 aliphatic rings. The maximum absolute atomic E-state index is 11.5. The van der Waals surface area contributed by atoms with Gasteiger partial charge >= 0.3 is 0 Å². The summed E-state index contributed by atoms with van der Waals surface area (Å²) in [6.07, 6.45) is 0.288. The third-order valence-corrected chi connectivity index (χ3v) is 3.55. The quantitative estimate of drug-likeness (QED) is 0.797. The summed E-state index contributed by atoms with van der Waals surface area (Å²) in [5.41, 5.74) is 0.804. The van der Waals surface area contributed by atoms with E-state index in [2.05, 4.69) is 5.32 Å². The Morgan fingerprint density at radius 1 is 1.37 bits per heavy atom. The Morgan fingerprint density at radius 2 is 1.95 bits per heavy atom. The number of carbonyl (C=O) groups excluding carboxylic acids is 1. The Morgan fingerprint density at radius 3 is 2.42 bits per heavy atom. The van der Waals surface area contributed by atoms with Gasteiger partial charge in [0.2, 0.25) is 15.9 Å². The molecule has 106 valence electrons. The Labute approximate surface area is 113 Å². The number of amides is 1. The number of hydrogen-bond donors (Lipinski definition) is 2. The second-order valence-corrected chi connectivity index (χ2v) is 5.71. The molecule has 0 spiro atoms. The zero-order chi connectivity index (χ0) is 14.5. The summed E-state index contributed by atoms with van der Waals surface area (Å²) in [6, 6.07) is 5.88. The van der Waals surface area contributed by atoms with E-state index in [1.54, 1.807) is 12.1 Å². The number of methoxy groups -OCH3 is 1. The molecule has 6 nitrogen and oxygen atoms in total. The van der Waals surface area contributed by atoms with E-state index in [0.29, 0.717) is 6.61 Å². The first-order valence-corrected chi connectivity index (χ1v) is 7.30. The topological polar surface area (TPSA) is 98.5 Å². The second-order valence-electron chi connectivity index (χ2n) is 4.15. The van der Waals surface area contributed by atoms with Gasteiger partial charge < -0.3 is 10.1 Å². The van der Waals surface area contributed by atoms with Gasteiger partial charge in [-0.25, -0.2) is 13.6 Å². The maximum Gasteiger partial charge on any atom is 0.238 e. The molecule has 3 N–H and O–H groups in total. The monoisotopic (exact) mass is 286 g/mol. The van der Waals surface area contributed by atoms with Gasteiger partial charge in [0.05, 0.1) is 17.5 Å². The van der Waals surface area contributed by atoms with Gasteiger partial charge in [0, 0.05) is 13.5 Å². The van der Waals surface area contributed by atoms with Gasteiger partial charge in [-0.05, 0) is 24.6 Å². The molecule has 1 amide bonds. The van der Waals surface area contributed by atoms with Crippen LogP contribution in [-0.4, -0.2) is 28.0 Å². The minimum absolute atomic E-state index is 0.0501. The Bertz CT molecular complexity index is 525. The second kappa shape index (κ2) is 6.65. The van der Waals surface area contributed by atoms with Gasteiger partial charge in [0.1, 0.15) is 0 Å². The molecule has 1 unspecified atom stereocenters. The highest BCUT2D eigenvalue weighted by molar-refractivity contribution is 7.89. The minimum atomic E-state index is -3.68. The zero-order valence-corrected chi connectivity index (χ0v) is 11.7. The normalized spacial score (nSPS) is 13.0. The molecule has 0 radical (unpaired) electrons. The molecule has 0 aliphatic heterocycles. The highest BCUT2D eigenvalue weighted by Crippen LogP contribution is 2.15. The number of primary sulfonamides is 1. The van der Waals surface area contributed by atoms with E-state index in [9.17, 15) is 13.2 Å². The summed E-state index contributed by atoms with van der Waals surface area (Å²) in [4.78, 5) is 11.6. The van der Waals surface area contributed by atoms with Crippen molar-refractivity contribution in [3.63, 3.8) is 0 Å². The molecule has 0 aliphatic carbocycles. The Balaban J connectivity index is 2.68. The third kappa shape index (κ3) is 4.98. The van der Waals surface area contributed by atoms with E-state index < -0.39 is 10.0 Å². The maximum atomic E-state index is 11.5. The largest absolute Gasteiger partial charge is 0.384 e. The average Bonchev–Trinajstić information content (AvgIpc) is 2.35. The highest BCUT2D eigenvalue weighted by Gasteiger charge is 2.11. The fourth-order valence-corrected chi connectivity index (χ4v) is 2.05. The zero-order valence-electron chi connectivity index (χ0n) is 10.9. The molecule has 1 atom stereocenters. The number of nitrogens with one attached hydrogen (secondary N) is 1. The van der Waals surface area contributed by atoms with E-state index in [4.69, 9.17) is 9.88 Å². The lowest BCUT2D eigenvalue weighted by Crippen LogP contribution is -2.27. The van der Waals surface area contributed by atoms with E-state index in [1.807, 2.05) is 6.92 Å². The van der Waals surface area contributed by atoms with Crippen molar-refractivity contribution in [3.05, 3.63) is 29.8 Å². The lowest BCUT2D eigenvalue weighted by atomic mass is 10.1. The molecular weight excluding hydrogens is 268 g/mol. The molecule has 19 heavy (non-hydrogen) atoms. The van der Waals surface area contributed by atoms with E-state index in [1.165, 1.54) is 19.2 Å². The van der Waals surface area contributed by atoms with Gasteiger partial charge in [-0.3, -0.25) is 4.79 Å². The van der Waals surface area contributed by atoms with Crippen molar-refractivity contribution >= 4 is 15.9 Å². The Hall–Kier alpha value is -1.44. The predicted octanol–water partition coefficient (Wildman–Crippen LogP) is 0.548. The fraction of sp³-hybridized carbons (Fsp3) is 0.417. The molecule has 1 aromatic carbocycles. The first-order valence-electron chi connectivity index (χ1n) is 5.75. The number of rotatable bonds is 6. The van der Waals surface area contributed by atoms with Crippen molar-refractivity contribution in [1.82, 2.24) is 5.32 Å². The summed E-state index contributed by atoms with van der Waals surface area (Å²) < 4.78 is 27.0. The van der Waals surface area contributed by atoms with Crippen LogP contribution in [0.2, 0.25) is 0 Å². The van der Waals surface area contributed by atoms with E-state index in [-0.39, 0.29) is 23.3 Å². The van der Waals surface area contributed by atoms with Gasteiger partial charge in [-0.2, -0.15) is 0 Å². The van der Waals surface area contributed by atoms with Crippen molar-refractivity contribution in [3.8, 4) is 0 Å². The molecule has 0 saturated heterocycles. The number of carbonyl (C=O) groups is 1. The SMILES string of the molecule is COCCC(=O)NC(C)c1ccc(S(N)(=O)=O)cc1. The summed E-state index contributed by atoms with van der Waals surface area (Å²) in [5.74, 6) is -0.120. The van der Waals surface area contributed by atoms with E-state index >= 15 is 0 Å². The van der Waals surface area contributed by atoms with Gasteiger partial charge in [-0.15, -0.1) is 0 Å². The smallest absolute Gasteiger partial charge is 0.238 e. The molecule has 1 aromatic rings. The molecule has 0 fully saturated rings. The van der Waals surface area contributed by atoms with Crippen molar-refractivity contribution in [2.75, 3.05) is 13.7 Å². The molecular formula is C12H18N2O4S. The van der Waals surface area contributed by atoms with Crippen LogP contribution in [0.4, 0.5) is 0 Å². The van der Waals surface area contributed by atoms with Crippen molar-refractivity contribution < 1.29 is 17.9 Å². The van der Waals surface area contributed by atoms with Gasteiger partial charge in [0.15, 0.2) is 0 Å². The average molecular weight is 286 g/mol. The first kappa shape index (κ1) is 15.6. The summed E-state index contributed by atoms with van der Waals surface area (Å²) >= 11 is 0. The molecule has 0 aromatic heterocycles. The predicted molar refractivity (Wildman–Crippen MR) is 70.9 cm³/mol. The lowest BCUT2D eigenvalue weighted by molar-refractivity contribution is -0.122. The number of benzene rings is 1. The van der Waals surface area contributed by atoms with Crippen LogP contribution in [0, 0.1) is 0 Å². The first-order chi connectivity index (χ1) is 8.84. The summed E-state index contributed by atoms with van der Waals surface area (Å²) in [5, 5.41) is 7.80. The number of sulfonamides is 1. The summed E-state index contributed by atoms with van der Waals surface area (Å²) in [7, 11) is -2.15. The third-order valence-electron chi connectivity index (χ3n) is 2.62. The van der Waals surface area contributed by atoms with Crippen LogP contribution < -0.4 is 10.5 Å². The van der Waals surface area contributed by atoms with Crippen LogP contribution in [0.5, 0.6) is 0 Å². The standard InChI is InChI=1S/C12H18N2O4S/c1-9(14-12(15)7-8-18-2)10-3-5-11(6-4-10)19(13,16)17/h3-6,9H,7-8H2,1-2H3,(H,14,15)(H2,13,16,17). The van der Waals surface area contributed by atoms with Crippen LogP contribution in [0.3, 0.4) is 0 Å². The molecule has 0 bridgehead atoms. The van der Waals surface area contributed by atoms with Crippen LogP contribution in [0.1, 0.15) is 24.9 Å². The molecule has 0 heterocycles. The number of ether oxygens (including phenoxy) is 1. The van der Waals surface area contributed by atoms with Crippen LogP contribution >= 0.6 is 0 Å². The molecule has 0 saturated carbocycles. The molecule has 1 rings (SSSR count).